The molecule has 120 valence electrons. The molecule has 0 radical (unpaired) electrons. The fraction of sp³-hybridized carbons (Fsp3) is 0.429. The predicted octanol–water partition coefficient (Wildman–Crippen LogP) is 2.02. The van der Waals surface area contributed by atoms with Gasteiger partial charge in [0.1, 0.15) is 0 Å². The van der Waals surface area contributed by atoms with Crippen LogP contribution in [-0.2, 0) is 4.79 Å². The van der Waals surface area contributed by atoms with E-state index in [2.05, 4.69) is 0 Å². The van der Waals surface area contributed by atoms with E-state index in [4.69, 9.17) is 5.73 Å². The van der Waals surface area contributed by atoms with Crippen LogP contribution in [0.4, 0.5) is 0 Å². The average molecular weight is 360 g/mol. The molecule has 0 unspecified atom stereocenters. The summed E-state index contributed by atoms with van der Waals surface area (Å²) in [6, 6.07) is 3.53. The first kappa shape index (κ1) is 17.2. The summed E-state index contributed by atoms with van der Waals surface area (Å²) < 4.78 is 2.32. The van der Waals surface area contributed by atoms with Gasteiger partial charge in [0.15, 0.2) is 0 Å². The summed E-state index contributed by atoms with van der Waals surface area (Å²) in [4.78, 5) is 28.7. The molecule has 0 saturated carbocycles. The largest absolute Gasteiger partial charge is 0.338 e. The maximum absolute atomic E-state index is 12.5. The summed E-state index contributed by atoms with van der Waals surface area (Å²) in [6.07, 6.45) is 0. The third kappa shape index (κ3) is 3.27. The van der Waals surface area contributed by atoms with Gasteiger partial charge in [-0.3, -0.25) is 9.59 Å². The van der Waals surface area contributed by atoms with Crippen LogP contribution in [0.1, 0.15) is 16.6 Å². The summed E-state index contributed by atoms with van der Waals surface area (Å²) in [5.41, 5.74) is 5.61. The minimum absolute atomic E-state index is 0. The van der Waals surface area contributed by atoms with Crippen molar-refractivity contribution in [1.29, 1.82) is 0 Å². The van der Waals surface area contributed by atoms with E-state index >= 15 is 0 Å². The van der Waals surface area contributed by atoms with Gasteiger partial charge in [0.25, 0.3) is 5.91 Å². The highest BCUT2D eigenvalue weighted by atomic mass is 35.5. The SMILES string of the molecule is C[C@@H](N)C(=O)N1CCN(C(=O)c2cc3sccc3s2)CC1.Cl. The van der Waals surface area contributed by atoms with Crippen molar-refractivity contribution in [3.05, 3.63) is 22.4 Å². The van der Waals surface area contributed by atoms with E-state index in [0.29, 0.717) is 26.2 Å². The Labute approximate surface area is 143 Å². The molecule has 3 heterocycles. The van der Waals surface area contributed by atoms with Crippen LogP contribution in [-0.4, -0.2) is 53.8 Å². The molecule has 0 spiro atoms. The number of carbonyl (C=O) groups is 2. The number of hydrogen-bond donors (Lipinski definition) is 1. The van der Waals surface area contributed by atoms with Crippen molar-refractivity contribution in [2.75, 3.05) is 26.2 Å². The Morgan fingerprint density at radius 3 is 2.41 bits per heavy atom. The number of halogens is 1. The van der Waals surface area contributed by atoms with E-state index in [1.807, 2.05) is 22.4 Å². The molecule has 1 saturated heterocycles. The number of fused-ring (bicyclic) bond motifs is 1. The lowest BCUT2D eigenvalue weighted by molar-refractivity contribution is -0.133. The zero-order valence-corrected chi connectivity index (χ0v) is 14.6. The van der Waals surface area contributed by atoms with E-state index < -0.39 is 6.04 Å². The summed E-state index contributed by atoms with van der Waals surface area (Å²) in [6.45, 7) is 3.96. The van der Waals surface area contributed by atoms with Gasteiger partial charge in [-0.1, -0.05) is 0 Å². The number of carbonyl (C=O) groups excluding carboxylic acids is 2. The molecule has 2 aromatic rings. The zero-order valence-electron chi connectivity index (χ0n) is 12.2. The Morgan fingerprint density at radius 1 is 1.18 bits per heavy atom. The standard InChI is InChI=1S/C14H17N3O2S2.ClH/c1-9(15)13(18)16-3-5-17(6-4-16)14(19)12-8-11-10(21-12)2-7-20-11;/h2,7-9H,3-6,15H2,1H3;1H/t9-;/m1./s1. The quantitative estimate of drug-likeness (QED) is 0.892. The first-order chi connectivity index (χ1) is 10.1. The fourth-order valence-electron chi connectivity index (χ4n) is 2.44. The maximum atomic E-state index is 12.5. The molecule has 1 aliphatic rings. The van der Waals surface area contributed by atoms with Gasteiger partial charge in [0, 0.05) is 35.6 Å². The Hall–Kier alpha value is -1.15. The van der Waals surface area contributed by atoms with Crippen LogP contribution in [0.2, 0.25) is 0 Å². The van der Waals surface area contributed by atoms with Crippen LogP contribution in [0.3, 0.4) is 0 Å². The summed E-state index contributed by atoms with van der Waals surface area (Å²) in [7, 11) is 0. The number of amides is 2. The lowest BCUT2D eigenvalue weighted by atomic mass is 10.2. The molecule has 0 aromatic carbocycles. The van der Waals surface area contributed by atoms with Crippen molar-refractivity contribution in [2.45, 2.75) is 13.0 Å². The highest BCUT2D eigenvalue weighted by Crippen LogP contribution is 2.30. The minimum atomic E-state index is -0.476. The van der Waals surface area contributed by atoms with Crippen LogP contribution in [0.5, 0.6) is 0 Å². The molecule has 8 heteroatoms. The van der Waals surface area contributed by atoms with Crippen molar-refractivity contribution in [3.63, 3.8) is 0 Å². The van der Waals surface area contributed by atoms with Gasteiger partial charge in [-0.15, -0.1) is 35.1 Å². The maximum Gasteiger partial charge on any atom is 0.264 e. The number of piperazine rings is 1. The number of nitrogens with two attached hydrogens (primary N) is 1. The Kier molecular flexibility index (Phi) is 5.44. The van der Waals surface area contributed by atoms with E-state index in [1.165, 1.54) is 11.3 Å². The van der Waals surface area contributed by atoms with Gasteiger partial charge in [0.2, 0.25) is 5.91 Å². The molecule has 2 aromatic heterocycles. The van der Waals surface area contributed by atoms with Gasteiger partial charge in [0.05, 0.1) is 10.9 Å². The second kappa shape index (κ2) is 6.95. The van der Waals surface area contributed by atoms with Crippen molar-refractivity contribution in [3.8, 4) is 0 Å². The van der Waals surface area contributed by atoms with Gasteiger partial charge in [-0.05, 0) is 24.4 Å². The van der Waals surface area contributed by atoms with Crippen LogP contribution < -0.4 is 5.73 Å². The topological polar surface area (TPSA) is 66.6 Å². The molecule has 3 rings (SSSR count). The molecule has 2 amide bonds. The van der Waals surface area contributed by atoms with Crippen molar-refractivity contribution in [2.24, 2.45) is 5.73 Å². The highest BCUT2D eigenvalue weighted by Gasteiger charge is 2.26. The van der Waals surface area contributed by atoms with Crippen LogP contribution >= 0.6 is 35.1 Å². The first-order valence-corrected chi connectivity index (χ1v) is 8.56. The van der Waals surface area contributed by atoms with Gasteiger partial charge in [-0.2, -0.15) is 0 Å². The number of hydrogen-bond acceptors (Lipinski definition) is 5. The van der Waals surface area contributed by atoms with Crippen molar-refractivity contribution >= 4 is 56.3 Å². The Bertz CT molecular complexity index is 646. The van der Waals surface area contributed by atoms with Crippen molar-refractivity contribution < 1.29 is 9.59 Å². The van der Waals surface area contributed by atoms with Gasteiger partial charge in [-0.25, -0.2) is 0 Å². The Balaban J connectivity index is 0.00000176. The number of nitrogens with zero attached hydrogens (tertiary/aromatic N) is 2. The van der Waals surface area contributed by atoms with Crippen LogP contribution in [0.25, 0.3) is 9.40 Å². The smallest absolute Gasteiger partial charge is 0.264 e. The predicted molar refractivity (Wildman–Crippen MR) is 93.1 cm³/mol. The highest BCUT2D eigenvalue weighted by molar-refractivity contribution is 7.27. The monoisotopic (exact) mass is 359 g/mol. The molecule has 22 heavy (non-hydrogen) atoms. The third-order valence-corrected chi connectivity index (χ3v) is 5.70. The first-order valence-electron chi connectivity index (χ1n) is 6.87. The Morgan fingerprint density at radius 2 is 1.82 bits per heavy atom. The third-order valence-electron chi connectivity index (χ3n) is 3.62. The fourth-order valence-corrected chi connectivity index (χ4v) is 4.52. The van der Waals surface area contributed by atoms with Crippen molar-refractivity contribution in [1.82, 2.24) is 9.80 Å². The normalized spacial score (nSPS) is 16.5. The number of thiophene rings is 2. The second-order valence-corrected chi connectivity index (χ2v) is 7.20. The lowest BCUT2D eigenvalue weighted by Crippen LogP contribution is -2.53. The van der Waals surface area contributed by atoms with E-state index in [9.17, 15) is 9.59 Å². The summed E-state index contributed by atoms with van der Waals surface area (Å²) in [5, 5.41) is 2.04. The van der Waals surface area contributed by atoms with Crippen LogP contribution in [0, 0.1) is 0 Å². The molecule has 1 atom stereocenters. The van der Waals surface area contributed by atoms with Crippen LogP contribution in [0.15, 0.2) is 17.5 Å². The molecule has 2 N–H and O–H groups in total. The molecule has 0 bridgehead atoms. The van der Waals surface area contributed by atoms with E-state index in [0.717, 1.165) is 14.3 Å². The van der Waals surface area contributed by atoms with Gasteiger partial charge >= 0.3 is 0 Å². The molecular formula is C14H18ClN3O2S2. The summed E-state index contributed by atoms with van der Waals surface area (Å²) in [5.74, 6) is 0.0232. The molecular weight excluding hydrogens is 342 g/mol. The second-order valence-electron chi connectivity index (χ2n) is 5.17. The molecule has 5 nitrogen and oxygen atoms in total. The molecule has 1 aliphatic heterocycles. The van der Waals surface area contributed by atoms with E-state index in [-0.39, 0.29) is 24.2 Å². The van der Waals surface area contributed by atoms with E-state index in [1.54, 1.807) is 23.2 Å². The van der Waals surface area contributed by atoms with Gasteiger partial charge < -0.3 is 15.5 Å². The summed E-state index contributed by atoms with van der Waals surface area (Å²) >= 11 is 3.19. The zero-order chi connectivity index (χ0) is 15.0. The lowest BCUT2D eigenvalue weighted by Gasteiger charge is -2.35. The number of rotatable bonds is 2. The molecule has 0 aliphatic carbocycles. The minimum Gasteiger partial charge on any atom is -0.338 e. The average Bonchev–Trinajstić information content (AvgIpc) is 3.07. The molecule has 1 fully saturated rings.